The molecule has 1 aromatic heterocycles. The van der Waals surface area contributed by atoms with Crippen LogP contribution in [-0.2, 0) is 16.4 Å². The third kappa shape index (κ3) is 4.70. The van der Waals surface area contributed by atoms with Crippen molar-refractivity contribution in [2.24, 2.45) is 0 Å². The van der Waals surface area contributed by atoms with E-state index in [0.717, 1.165) is 24.7 Å². The van der Waals surface area contributed by atoms with Crippen LogP contribution in [0.5, 0.6) is 0 Å². The maximum Gasteiger partial charge on any atom is 0.240 e. The second-order valence-corrected chi connectivity index (χ2v) is 10.1. The third-order valence-corrected chi connectivity index (χ3v) is 7.39. The highest BCUT2D eigenvalue weighted by atomic mass is 127. The summed E-state index contributed by atoms with van der Waals surface area (Å²) in [5.74, 6) is 0. The molecular formula is C19H19IN2O2S2. The smallest absolute Gasteiger partial charge is 0.240 e. The number of aromatic nitrogens is 1. The van der Waals surface area contributed by atoms with E-state index in [0.29, 0.717) is 17.9 Å². The molecule has 0 aliphatic rings. The van der Waals surface area contributed by atoms with Crippen molar-refractivity contribution >= 4 is 44.0 Å². The molecular weight excluding hydrogens is 479 g/mol. The quantitative estimate of drug-likeness (QED) is 0.508. The number of sulfonamides is 1. The summed E-state index contributed by atoms with van der Waals surface area (Å²) in [6.45, 7) is 4.38. The van der Waals surface area contributed by atoms with Gasteiger partial charge >= 0.3 is 0 Å². The number of thiazole rings is 1. The average molecular weight is 498 g/mol. The van der Waals surface area contributed by atoms with Crippen LogP contribution in [0.1, 0.15) is 16.1 Å². The summed E-state index contributed by atoms with van der Waals surface area (Å²) in [5, 5.41) is 0.974. The van der Waals surface area contributed by atoms with E-state index in [9.17, 15) is 8.42 Å². The Balaban J connectivity index is 1.68. The van der Waals surface area contributed by atoms with Gasteiger partial charge in [-0.2, -0.15) is 0 Å². The molecule has 3 rings (SSSR count). The summed E-state index contributed by atoms with van der Waals surface area (Å²) < 4.78 is 28.4. The van der Waals surface area contributed by atoms with Gasteiger partial charge in [-0.05, 0) is 73.2 Å². The van der Waals surface area contributed by atoms with Gasteiger partial charge in [0.15, 0.2) is 0 Å². The van der Waals surface area contributed by atoms with Gasteiger partial charge in [-0.3, -0.25) is 0 Å². The average Bonchev–Trinajstić information content (AvgIpc) is 2.96. The number of hydrogen-bond donors (Lipinski definition) is 1. The second kappa shape index (κ2) is 8.16. The molecule has 0 spiro atoms. The van der Waals surface area contributed by atoms with Crippen LogP contribution < -0.4 is 4.72 Å². The molecule has 0 unspecified atom stereocenters. The Hall–Kier alpha value is -1.29. The van der Waals surface area contributed by atoms with Gasteiger partial charge in [0.05, 0.1) is 10.6 Å². The first kappa shape index (κ1) is 19.5. The van der Waals surface area contributed by atoms with Gasteiger partial charge < -0.3 is 0 Å². The Morgan fingerprint density at radius 3 is 2.54 bits per heavy atom. The monoisotopic (exact) mass is 498 g/mol. The Morgan fingerprint density at radius 2 is 1.85 bits per heavy atom. The SMILES string of the molecule is Cc1cccc(-c2nc(C)c(CCNS(=O)(=O)c3ccc(I)cc3)s2)c1. The van der Waals surface area contributed by atoms with E-state index in [1.807, 2.05) is 13.0 Å². The molecule has 0 bridgehead atoms. The van der Waals surface area contributed by atoms with E-state index < -0.39 is 10.0 Å². The highest BCUT2D eigenvalue weighted by molar-refractivity contribution is 14.1. The maximum absolute atomic E-state index is 12.4. The number of benzene rings is 2. The van der Waals surface area contributed by atoms with Crippen molar-refractivity contribution < 1.29 is 8.42 Å². The number of rotatable bonds is 6. The summed E-state index contributed by atoms with van der Waals surface area (Å²) in [4.78, 5) is 6.04. The lowest BCUT2D eigenvalue weighted by molar-refractivity contribution is 0.581. The lowest BCUT2D eigenvalue weighted by Crippen LogP contribution is -2.25. The Kier molecular flexibility index (Phi) is 6.11. The number of nitrogens with zero attached hydrogens (tertiary/aromatic N) is 1. The Labute approximate surface area is 171 Å². The van der Waals surface area contributed by atoms with Gasteiger partial charge in [-0.15, -0.1) is 11.3 Å². The number of hydrogen-bond acceptors (Lipinski definition) is 4. The van der Waals surface area contributed by atoms with Crippen LogP contribution >= 0.6 is 33.9 Å². The van der Waals surface area contributed by atoms with Crippen LogP contribution in [-0.4, -0.2) is 19.9 Å². The molecule has 0 amide bonds. The number of halogens is 1. The van der Waals surface area contributed by atoms with Crippen LogP contribution in [0.3, 0.4) is 0 Å². The molecule has 2 aromatic carbocycles. The van der Waals surface area contributed by atoms with Gasteiger partial charge in [0.2, 0.25) is 10.0 Å². The molecule has 4 nitrogen and oxygen atoms in total. The van der Waals surface area contributed by atoms with Gasteiger partial charge in [-0.1, -0.05) is 23.8 Å². The standard InChI is InChI=1S/C19H19IN2O2S2/c1-13-4-3-5-15(12-13)19-22-14(2)18(25-19)10-11-21-26(23,24)17-8-6-16(20)7-9-17/h3-9,12,21H,10-11H2,1-2H3. The number of aryl methyl sites for hydroxylation is 2. The first-order valence-corrected chi connectivity index (χ1v) is 11.5. The molecule has 1 heterocycles. The van der Waals surface area contributed by atoms with Crippen molar-refractivity contribution in [3.8, 4) is 10.6 Å². The molecule has 0 radical (unpaired) electrons. The zero-order valence-electron chi connectivity index (χ0n) is 14.5. The van der Waals surface area contributed by atoms with E-state index in [1.54, 1.807) is 35.6 Å². The lowest BCUT2D eigenvalue weighted by atomic mass is 10.1. The Bertz CT molecular complexity index is 1010. The van der Waals surface area contributed by atoms with E-state index in [-0.39, 0.29) is 0 Å². The molecule has 7 heteroatoms. The van der Waals surface area contributed by atoms with Gasteiger partial charge in [0.1, 0.15) is 5.01 Å². The second-order valence-electron chi connectivity index (χ2n) is 6.00. The minimum Gasteiger partial charge on any atom is -0.241 e. The fraction of sp³-hybridized carbons (Fsp3) is 0.211. The molecule has 26 heavy (non-hydrogen) atoms. The van der Waals surface area contributed by atoms with Crippen LogP contribution in [0.4, 0.5) is 0 Å². The van der Waals surface area contributed by atoms with Crippen molar-refractivity contribution in [1.82, 2.24) is 9.71 Å². The van der Waals surface area contributed by atoms with E-state index in [4.69, 9.17) is 0 Å². The van der Waals surface area contributed by atoms with Gasteiger partial charge in [-0.25, -0.2) is 18.1 Å². The minimum atomic E-state index is -3.48. The first-order valence-electron chi connectivity index (χ1n) is 8.14. The Morgan fingerprint density at radius 1 is 1.12 bits per heavy atom. The predicted octanol–water partition coefficient (Wildman–Crippen LogP) is 4.55. The van der Waals surface area contributed by atoms with Crippen molar-refractivity contribution in [2.45, 2.75) is 25.2 Å². The molecule has 0 aliphatic carbocycles. The highest BCUT2D eigenvalue weighted by Gasteiger charge is 2.15. The summed E-state index contributed by atoms with van der Waals surface area (Å²) in [5.41, 5.74) is 3.26. The van der Waals surface area contributed by atoms with Crippen molar-refractivity contribution in [1.29, 1.82) is 0 Å². The number of nitrogens with one attached hydrogen (secondary N) is 1. The van der Waals surface area contributed by atoms with Crippen molar-refractivity contribution in [3.63, 3.8) is 0 Å². The van der Waals surface area contributed by atoms with Crippen LogP contribution in [0.25, 0.3) is 10.6 Å². The predicted molar refractivity (Wildman–Crippen MR) is 115 cm³/mol. The van der Waals surface area contributed by atoms with E-state index in [1.165, 1.54) is 5.56 Å². The topological polar surface area (TPSA) is 59.1 Å². The fourth-order valence-electron chi connectivity index (χ4n) is 2.56. The normalized spacial score (nSPS) is 11.7. The molecule has 0 aliphatic heterocycles. The lowest BCUT2D eigenvalue weighted by Gasteiger charge is -2.06. The molecule has 0 saturated carbocycles. The summed E-state index contributed by atoms with van der Waals surface area (Å²) in [6.07, 6.45) is 0.624. The first-order chi connectivity index (χ1) is 12.3. The van der Waals surface area contributed by atoms with Crippen molar-refractivity contribution in [2.75, 3.05) is 6.54 Å². The summed E-state index contributed by atoms with van der Waals surface area (Å²) >= 11 is 3.78. The maximum atomic E-state index is 12.4. The zero-order chi connectivity index (χ0) is 18.7. The van der Waals surface area contributed by atoms with Crippen molar-refractivity contribution in [3.05, 3.63) is 68.2 Å². The largest absolute Gasteiger partial charge is 0.241 e. The minimum absolute atomic E-state index is 0.291. The van der Waals surface area contributed by atoms with Crippen LogP contribution in [0.2, 0.25) is 0 Å². The van der Waals surface area contributed by atoms with Crippen LogP contribution in [0.15, 0.2) is 53.4 Å². The highest BCUT2D eigenvalue weighted by Crippen LogP contribution is 2.28. The van der Waals surface area contributed by atoms with E-state index >= 15 is 0 Å². The van der Waals surface area contributed by atoms with Crippen LogP contribution in [0, 0.1) is 17.4 Å². The molecule has 0 saturated heterocycles. The fourth-order valence-corrected chi connectivity index (χ4v) is 5.01. The molecule has 136 valence electrons. The molecule has 3 aromatic rings. The van der Waals surface area contributed by atoms with E-state index in [2.05, 4.69) is 57.4 Å². The van der Waals surface area contributed by atoms with Gasteiger partial charge in [0.25, 0.3) is 0 Å². The summed E-state index contributed by atoms with van der Waals surface area (Å²) in [6, 6.07) is 15.1. The molecule has 0 atom stereocenters. The summed E-state index contributed by atoms with van der Waals surface area (Å²) in [7, 11) is -3.48. The molecule has 1 N–H and O–H groups in total. The zero-order valence-corrected chi connectivity index (χ0v) is 18.3. The third-order valence-electron chi connectivity index (χ3n) is 3.93. The molecule has 0 fully saturated rings. The van der Waals surface area contributed by atoms with Gasteiger partial charge in [0, 0.05) is 20.6 Å².